The number of nitrogens with zero attached hydrogens (tertiary/aromatic N) is 4. The van der Waals surface area contributed by atoms with E-state index >= 15 is 0 Å². The van der Waals surface area contributed by atoms with Gasteiger partial charge >= 0.3 is 0 Å². The first-order chi connectivity index (χ1) is 14.7. The van der Waals surface area contributed by atoms with Gasteiger partial charge in [-0.15, -0.1) is 0 Å². The number of hydrogen-bond acceptors (Lipinski definition) is 5. The summed E-state index contributed by atoms with van der Waals surface area (Å²) in [4.78, 5) is 15.7. The van der Waals surface area contributed by atoms with Crippen LogP contribution in [0, 0.1) is 6.92 Å². The van der Waals surface area contributed by atoms with E-state index < -0.39 is 0 Å². The number of aryl methyl sites for hydroxylation is 1. The molecule has 7 nitrogen and oxygen atoms in total. The van der Waals surface area contributed by atoms with Crippen LogP contribution in [0.2, 0.25) is 0 Å². The molecule has 0 aliphatic carbocycles. The normalized spacial score (nSPS) is 15.3. The Bertz CT molecular complexity index is 959. The molecule has 1 aromatic carbocycles. The Balaban J connectivity index is 1.26. The molecule has 2 aromatic heterocycles. The van der Waals surface area contributed by atoms with Crippen LogP contribution in [-0.2, 0) is 6.54 Å². The molecule has 3 aromatic rings. The second-order valence-corrected chi connectivity index (χ2v) is 7.53. The molecule has 30 heavy (non-hydrogen) atoms. The number of hydrogen-bond donors (Lipinski definition) is 2. The van der Waals surface area contributed by atoms with Crippen molar-refractivity contribution < 1.29 is 4.42 Å². The van der Waals surface area contributed by atoms with Crippen molar-refractivity contribution in [3.63, 3.8) is 0 Å². The molecule has 1 fully saturated rings. The lowest BCUT2D eigenvalue weighted by atomic mass is 10.1. The Morgan fingerprint density at radius 2 is 1.97 bits per heavy atom. The summed E-state index contributed by atoms with van der Waals surface area (Å²) in [6.07, 6.45) is 5.62. The molecule has 0 bridgehead atoms. The number of guanidine groups is 1. The van der Waals surface area contributed by atoms with Crippen LogP contribution in [0.5, 0.6) is 0 Å². The number of pyridine rings is 1. The number of rotatable bonds is 5. The van der Waals surface area contributed by atoms with E-state index in [0.29, 0.717) is 18.5 Å². The zero-order chi connectivity index (χ0) is 20.8. The van der Waals surface area contributed by atoms with Crippen molar-refractivity contribution in [2.45, 2.75) is 32.4 Å². The summed E-state index contributed by atoms with van der Waals surface area (Å²) < 4.78 is 5.64. The molecule has 4 rings (SSSR count). The molecule has 156 valence electrons. The highest BCUT2D eigenvalue weighted by Crippen LogP contribution is 2.19. The summed E-state index contributed by atoms with van der Waals surface area (Å²) in [5, 5.41) is 6.87. The third-order valence-corrected chi connectivity index (χ3v) is 5.32. The predicted molar refractivity (Wildman–Crippen MR) is 119 cm³/mol. The largest absolute Gasteiger partial charge is 0.444 e. The second-order valence-electron chi connectivity index (χ2n) is 7.53. The highest BCUT2D eigenvalue weighted by atomic mass is 16.3. The van der Waals surface area contributed by atoms with Crippen molar-refractivity contribution in [1.29, 1.82) is 0 Å². The van der Waals surface area contributed by atoms with Crippen LogP contribution in [0.25, 0.3) is 11.5 Å². The van der Waals surface area contributed by atoms with Crippen molar-refractivity contribution in [3.05, 3.63) is 66.2 Å². The van der Waals surface area contributed by atoms with Crippen LogP contribution < -0.4 is 15.5 Å². The Hall–Kier alpha value is -3.35. The summed E-state index contributed by atoms with van der Waals surface area (Å²) in [7, 11) is 1.79. The van der Waals surface area contributed by atoms with Gasteiger partial charge in [0.15, 0.2) is 5.96 Å². The lowest BCUT2D eigenvalue weighted by molar-refractivity contribution is 0.459. The monoisotopic (exact) mass is 404 g/mol. The standard InChI is InChI=1S/C23H28N6O/c1-17-6-8-18(9-7-17)22-27-20(16-30-22)15-26-23(24-2)28-19-10-13-29(14-11-19)21-5-3-4-12-25-21/h3-9,12,16,19H,10-11,13-15H2,1-2H3,(H2,24,26,28). The molecule has 0 unspecified atom stereocenters. The van der Waals surface area contributed by atoms with Crippen molar-refractivity contribution >= 4 is 11.8 Å². The van der Waals surface area contributed by atoms with E-state index in [9.17, 15) is 0 Å². The van der Waals surface area contributed by atoms with Gasteiger partial charge in [-0.3, -0.25) is 4.99 Å². The molecular weight excluding hydrogens is 376 g/mol. The van der Waals surface area contributed by atoms with Gasteiger partial charge in [-0.2, -0.15) is 0 Å². The van der Waals surface area contributed by atoms with Crippen molar-refractivity contribution in [2.24, 2.45) is 4.99 Å². The van der Waals surface area contributed by atoms with Crippen LogP contribution in [0.1, 0.15) is 24.1 Å². The Labute approximate surface area is 177 Å². The first-order valence-corrected chi connectivity index (χ1v) is 10.4. The fraction of sp³-hybridized carbons (Fsp3) is 0.348. The van der Waals surface area contributed by atoms with Gasteiger partial charge in [0, 0.05) is 37.9 Å². The second kappa shape index (κ2) is 9.43. The number of aromatic nitrogens is 2. The summed E-state index contributed by atoms with van der Waals surface area (Å²) in [6, 6.07) is 14.6. The lowest BCUT2D eigenvalue weighted by Crippen LogP contribution is -2.48. The van der Waals surface area contributed by atoms with Crippen molar-refractivity contribution in [2.75, 3.05) is 25.0 Å². The number of benzene rings is 1. The number of oxazole rings is 1. The first-order valence-electron chi connectivity index (χ1n) is 10.4. The summed E-state index contributed by atoms with van der Waals surface area (Å²) in [5.41, 5.74) is 3.04. The molecule has 2 N–H and O–H groups in total. The number of piperidine rings is 1. The molecule has 1 saturated heterocycles. The molecule has 0 saturated carbocycles. The van der Waals surface area contributed by atoms with Crippen LogP contribution in [0.15, 0.2) is 64.3 Å². The maximum absolute atomic E-state index is 5.64. The first kappa shape index (κ1) is 19.9. The Morgan fingerprint density at radius 1 is 1.17 bits per heavy atom. The maximum atomic E-state index is 5.64. The van der Waals surface area contributed by atoms with E-state index in [4.69, 9.17) is 4.42 Å². The van der Waals surface area contributed by atoms with Crippen LogP contribution in [0.3, 0.4) is 0 Å². The van der Waals surface area contributed by atoms with Gasteiger partial charge in [0.2, 0.25) is 5.89 Å². The molecule has 1 aliphatic rings. The minimum Gasteiger partial charge on any atom is -0.444 e. The summed E-state index contributed by atoms with van der Waals surface area (Å²) in [5.74, 6) is 2.47. The smallest absolute Gasteiger partial charge is 0.226 e. The van der Waals surface area contributed by atoms with E-state index in [1.165, 1.54) is 5.56 Å². The minimum atomic E-state index is 0.386. The van der Waals surface area contributed by atoms with Gasteiger partial charge in [-0.25, -0.2) is 9.97 Å². The molecule has 0 atom stereocenters. The Morgan fingerprint density at radius 3 is 2.67 bits per heavy atom. The molecule has 7 heteroatoms. The van der Waals surface area contributed by atoms with Gasteiger partial charge in [-0.1, -0.05) is 23.8 Å². The molecule has 3 heterocycles. The van der Waals surface area contributed by atoms with E-state index in [-0.39, 0.29) is 0 Å². The maximum Gasteiger partial charge on any atom is 0.226 e. The fourth-order valence-corrected chi connectivity index (χ4v) is 3.57. The summed E-state index contributed by atoms with van der Waals surface area (Å²) in [6.45, 7) is 4.58. The van der Waals surface area contributed by atoms with Gasteiger partial charge in [0.05, 0.1) is 12.2 Å². The number of aliphatic imine (C=N–C) groups is 1. The van der Waals surface area contributed by atoms with Gasteiger partial charge in [-0.05, 0) is 44.0 Å². The third-order valence-electron chi connectivity index (χ3n) is 5.32. The third kappa shape index (κ3) is 4.97. The van der Waals surface area contributed by atoms with Gasteiger partial charge < -0.3 is 20.0 Å². The van der Waals surface area contributed by atoms with Gasteiger partial charge in [0.25, 0.3) is 0 Å². The van der Waals surface area contributed by atoms with Crippen LogP contribution in [-0.4, -0.2) is 42.1 Å². The highest BCUT2D eigenvalue weighted by molar-refractivity contribution is 5.80. The molecular formula is C23H28N6O. The zero-order valence-electron chi connectivity index (χ0n) is 17.5. The number of nitrogens with one attached hydrogen (secondary N) is 2. The van der Waals surface area contributed by atoms with Crippen LogP contribution >= 0.6 is 0 Å². The number of anilines is 1. The summed E-state index contributed by atoms with van der Waals surface area (Å²) >= 11 is 0. The molecule has 0 spiro atoms. The lowest BCUT2D eigenvalue weighted by Gasteiger charge is -2.33. The average molecular weight is 405 g/mol. The zero-order valence-corrected chi connectivity index (χ0v) is 17.5. The fourth-order valence-electron chi connectivity index (χ4n) is 3.57. The quantitative estimate of drug-likeness (QED) is 0.501. The van der Waals surface area contributed by atoms with Crippen LogP contribution in [0.4, 0.5) is 5.82 Å². The van der Waals surface area contributed by atoms with E-state index in [2.05, 4.69) is 55.6 Å². The average Bonchev–Trinajstić information content (AvgIpc) is 3.27. The SMILES string of the molecule is CN=C(NCc1coc(-c2ccc(C)cc2)n1)NC1CCN(c2ccccn2)CC1. The van der Waals surface area contributed by atoms with Crippen molar-refractivity contribution in [1.82, 2.24) is 20.6 Å². The Kier molecular flexibility index (Phi) is 6.27. The highest BCUT2D eigenvalue weighted by Gasteiger charge is 2.20. The van der Waals surface area contributed by atoms with Crippen molar-refractivity contribution in [3.8, 4) is 11.5 Å². The molecule has 0 amide bonds. The topological polar surface area (TPSA) is 78.6 Å². The van der Waals surface area contributed by atoms with Gasteiger partial charge in [0.1, 0.15) is 12.1 Å². The molecule has 1 aliphatic heterocycles. The van der Waals surface area contributed by atoms with E-state index in [0.717, 1.165) is 49.0 Å². The van der Waals surface area contributed by atoms with E-state index in [1.807, 2.05) is 30.5 Å². The molecule has 0 radical (unpaired) electrons. The predicted octanol–water partition coefficient (Wildman–Crippen LogP) is 3.38. The minimum absolute atomic E-state index is 0.386. The van der Waals surface area contributed by atoms with E-state index in [1.54, 1.807) is 13.3 Å².